The highest BCUT2D eigenvalue weighted by Gasteiger charge is 2.19. The van der Waals surface area contributed by atoms with Crippen LogP contribution < -0.4 is 5.32 Å². The number of fused-ring (bicyclic) bond motifs is 3. The second kappa shape index (κ2) is 3.63. The minimum absolute atomic E-state index is 0.589. The smallest absolute Gasteiger partial charge is 0.0491 e. The summed E-state index contributed by atoms with van der Waals surface area (Å²) < 4.78 is 0. The first-order valence-corrected chi connectivity index (χ1v) is 6.14. The van der Waals surface area contributed by atoms with Gasteiger partial charge in [0.25, 0.3) is 0 Å². The maximum Gasteiger partial charge on any atom is 0.0491 e. The Balaban J connectivity index is 2.24. The summed E-state index contributed by atoms with van der Waals surface area (Å²) in [4.78, 5) is 3.63. The molecule has 16 heavy (non-hydrogen) atoms. The van der Waals surface area contributed by atoms with Gasteiger partial charge in [-0.1, -0.05) is 25.1 Å². The van der Waals surface area contributed by atoms with Crippen molar-refractivity contribution in [3.05, 3.63) is 35.0 Å². The molecule has 0 amide bonds. The average molecular weight is 214 g/mol. The fourth-order valence-corrected chi connectivity index (χ4v) is 2.71. The van der Waals surface area contributed by atoms with Crippen LogP contribution in [0.25, 0.3) is 10.9 Å². The molecular formula is C14H18N2. The average Bonchev–Trinajstić information content (AvgIpc) is 2.65. The predicted molar refractivity (Wildman–Crippen MR) is 67.7 cm³/mol. The monoisotopic (exact) mass is 214 g/mol. The Bertz CT molecular complexity index is 525. The van der Waals surface area contributed by atoms with Crippen molar-refractivity contribution in [2.24, 2.45) is 0 Å². The quantitative estimate of drug-likeness (QED) is 0.750. The molecule has 1 unspecified atom stereocenters. The van der Waals surface area contributed by atoms with Gasteiger partial charge in [-0.2, -0.15) is 0 Å². The van der Waals surface area contributed by atoms with Gasteiger partial charge >= 0.3 is 0 Å². The van der Waals surface area contributed by atoms with Crippen LogP contribution in [0.5, 0.6) is 0 Å². The van der Waals surface area contributed by atoms with E-state index in [0.717, 1.165) is 19.4 Å². The molecule has 2 heteroatoms. The Morgan fingerprint density at radius 2 is 2.25 bits per heavy atom. The molecule has 0 saturated heterocycles. The molecule has 0 radical (unpaired) electrons. The van der Waals surface area contributed by atoms with Crippen LogP contribution in [0.4, 0.5) is 0 Å². The molecule has 0 saturated carbocycles. The Hall–Kier alpha value is -1.28. The topological polar surface area (TPSA) is 27.8 Å². The van der Waals surface area contributed by atoms with Crippen molar-refractivity contribution in [3.63, 3.8) is 0 Å². The van der Waals surface area contributed by atoms with Gasteiger partial charge in [0.05, 0.1) is 0 Å². The summed E-state index contributed by atoms with van der Waals surface area (Å²) in [6, 6.07) is 7.22. The lowest BCUT2D eigenvalue weighted by atomic mass is 10.0. The van der Waals surface area contributed by atoms with E-state index in [2.05, 4.69) is 42.3 Å². The highest BCUT2D eigenvalue weighted by Crippen LogP contribution is 2.28. The second-order valence-electron chi connectivity index (χ2n) is 4.76. The first-order valence-electron chi connectivity index (χ1n) is 6.14. The van der Waals surface area contributed by atoms with Crippen LogP contribution in [-0.4, -0.2) is 11.0 Å². The molecule has 0 aliphatic carbocycles. The Labute approximate surface area is 96.1 Å². The molecule has 2 nitrogen and oxygen atoms in total. The van der Waals surface area contributed by atoms with Crippen LogP contribution in [0.3, 0.4) is 0 Å². The minimum Gasteiger partial charge on any atom is -0.358 e. The zero-order valence-electron chi connectivity index (χ0n) is 9.93. The van der Waals surface area contributed by atoms with Crippen molar-refractivity contribution in [2.45, 2.75) is 39.3 Å². The second-order valence-corrected chi connectivity index (χ2v) is 4.76. The number of H-pyrrole nitrogens is 1. The van der Waals surface area contributed by atoms with Crippen molar-refractivity contribution >= 4 is 10.9 Å². The highest BCUT2D eigenvalue weighted by molar-refractivity contribution is 5.87. The number of aromatic amines is 1. The van der Waals surface area contributed by atoms with Crippen LogP contribution >= 0.6 is 0 Å². The molecule has 1 aliphatic heterocycles. The lowest BCUT2D eigenvalue weighted by Gasteiger charge is -2.20. The van der Waals surface area contributed by atoms with Crippen molar-refractivity contribution < 1.29 is 0 Å². The van der Waals surface area contributed by atoms with Crippen LogP contribution in [0.2, 0.25) is 0 Å². The van der Waals surface area contributed by atoms with Crippen LogP contribution in [-0.2, 0) is 19.4 Å². The first kappa shape index (κ1) is 9.91. The molecule has 1 aromatic heterocycles. The van der Waals surface area contributed by atoms with Gasteiger partial charge in [0.1, 0.15) is 0 Å². The van der Waals surface area contributed by atoms with E-state index in [1.54, 1.807) is 0 Å². The minimum atomic E-state index is 0.589. The molecule has 0 fully saturated rings. The van der Waals surface area contributed by atoms with E-state index in [4.69, 9.17) is 0 Å². The van der Waals surface area contributed by atoms with E-state index in [-0.39, 0.29) is 0 Å². The number of para-hydroxylation sites is 1. The molecule has 1 atom stereocenters. The summed E-state index contributed by atoms with van der Waals surface area (Å²) in [5.74, 6) is 0. The molecule has 0 bridgehead atoms. The molecular weight excluding hydrogens is 196 g/mol. The van der Waals surface area contributed by atoms with Crippen molar-refractivity contribution in [1.82, 2.24) is 10.3 Å². The van der Waals surface area contributed by atoms with E-state index in [0.29, 0.717) is 6.04 Å². The summed E-state index contributed by atoms with van der Waals surface area (Å²) in [5.41, 5.74) is 5.69. The van der Waals surface area contributed by atoms with E-state index in [1.807, 2.05) is 0 Å². The number of hydrogen-bond donors (Lipinski definition) is 2. The van der Waals surface area contributed by atoms with Gasteiger partial charge in [-0.25, -0.2) is 0 Å². The number of rotatable bonds is 1. The van der Waals surface area contributed by atoms with E-state index in [9.17, 15) is 0 Å². The Morgan fingerprint density at radius 1 is 1.38 bits per heavy atom. The van der Waals surface area contributed by atoms with E-state index < -0.39 is 0 Å². The summed E-state index contributed by atoms with van der Waals surface area (Å²) in [5, 5.41) is 4.94. The lowest BCUT2D eigenvalue weighted by molar-refractivity contribution is 0.511. The fraction of sp³-hybridized carbons (Fsp3) is 0.429. The van der Waals surface area contributed by atoms with E-state index in [1.165, 1.54) is 27.7 Å². The molecule has 2 aromatic rings. The van der Waals surface area contributed by atoms with Gasteiger partial charge in [0.2, 0.25) is 0 Å². The summed E-state index contributed by atoms with van der Waals surface area (Å²) in [6.07, 6.45) is 2.22. The summed E-state index contributed by atoms with van der Waals surface area (Å²) in [6.45, 7) is 5.47. The fourth-order valence-electron chi connectivity index (χ4n) is 2.71. The number of aromatic nitrogens is 1. The largest absolute Gasteiger partial charge is 0.358 e. The van der Waals surface area contributed by atoms with Gasteiger partial charge in [-0.15, -0.1) is 0 Å². The lowest BCUT2D eigenvalue weighted by Crippen LogP contribution is -2.32. The van der Waals surface area contributed by atoms with Crippen LogP contribution in [0, 0.1) is 0 Å². The van der Waals surface area contributed by atoms with Crippen LogP contribution in [0.1, 0.15) is 30.7 Å². The third kappa shape index (κ3) is 1.37. The molecule has 3 rings (SSSR count). The Morgan fingerprint density at radius 3 is 3.06 bits per heavy atom. The van der Waals surface area contributed by atoms with Gasteiger partial charge < -0.3 is 10.3 Å². The van der Waals surface area contributed by atoms with Gasteiger partial charge in [0, 0.05) is 35.6 Å². The standard InChI is InChI=1S/C14H18N2/c1-3-10-5-4-6-11-12-8-15-9(2)7-13(12)16-14(10)11/h4-6,9,15-16H,3,7-8H2,1-2H3. The maximum atomic E-state index is 3.63. The molecule has 84 valence electrons. The zero-order valence-corrected chi connectivity index (χ0v) is 9.93. The number of nitrogens with one attached hydrogen (secondary N) is 2. The van der Waals surface area contributed by atoms with Crippen LogP contribution in [0.15, 0.2) is 18.2 Å². The molecule has 2 heterocycles. The summed E-state index contributed by atoms with van der Waals surface area (Å²) >= 11 is 0. The molecule has 1 aromatic carbocycles. The first-order chi connectivity index (χ1) is 7.79. The SMILES string of the molecule is CCc1cccc2c3c([nH]c12)CC(C)NC3. The highest BCUT2D eigenvalue weighted by atomic mass is 14.9. The van der Waals surface area contributed by atoms with E-state index >= 15 is 0 Å². The van der Waals surface area contributed by atoms with Crippen molar-refractivity contribution in [3.8, 4) is 0 Å². The normalized spacial score (nSPS) is 20.0. The zero-order chi connectivity index (χ0) is 11.1. The maximum absolute atomic E-state index is 3.63. The van der Waals surface area contributed by atoms with Crippen molar-refractivity contribution in [2.75, 3.05) is 0 Å². The summed E-state index contributed by atoms with van der Waals surface area (Å²) in [7, 11) is 0. The molecule has 2 N–H and O–H groups in total. The van der Waals surface area contributed by atoms with Gasteiger partial charge in [-0.05, 0) is 24.5 Å². The molecule has 0 spiro atoms. The Kier molecular flexibility index (Phi) is 2.25. The number of aryl methyl sites for hydroxylation is 1. The third-order valence-electron chi connectivity index (χ3n) is 3.63. The predicted octanol–water partition coefficient (Wildman–Crippen LogP) is 2.76. The van der Waals surface area contributed by atoms with Gasteiger partial charge in [-0.3, -0.25) is 0 Å². The molecule has 1 aliphatic rings. The van der Waals surface area contributed by atoms with Crippen molar-refractivity contribution in [1.29, 1.82) is 0 Å². The van der Waals surface area contributed by atoms with Gasteiger partial charge in [0.15, 0.2) is 0 Å². The number of benzene rings is 1. The third-order valence-corrected chi connectivity index (χ3v) is 3.63. The number of hydrogen-bond acceptors (Lipinski definition) is 1.